The van der Waals surface area contributed by atoms with E-state index in [2.05, 4.69) is 4.98 Å². The summed E-state index contributed by atoms with van der Waals surface area (Å²) in [5.74, 6) is -0.245. The van der Waals surface area contributed by atoms with Crippen molar-refractivity contribution < 1.29 is 4.39 Å². The fourth-order valence-corrected chi connectivity index (χ4v) is 2.26. The minimum atomic E-state index is -0.245. The van der Waals surface area contributed by atoms with Gasteiger partial charge >= 0.3 is 0 Å². The van der Waals surface area contributed by atoms with Crippen LogP contribution in [0.5, 0.6) is 0 Å². The Morgan fingerprint density at radius 3 is 2.71 bits per heavy atom. The summed E-state index contributed by atoms with van der Waals surface area (Å²) in [4.78, 5) is 3.90. The minimum Gasteiger partial charge on any atom is -0.330 e. The SMILES string of the molecule is NCCC1(c2cncc(F)c2)CCC1. The molecule has 0 aromatic carbocycles. The van der Waals surface area contributed by atoms with Gasteiger partial charge in [-0.2, -0.15) is 0 Å². The predicted molar refractivity (Wildman–Crippen MR) is 53.4 cm³/mol. The Hall–Kier alpha value is -0.960. The van der Waals surface area contributed by atoms with Gasteiger partial charge in [0.2, 0.25) is 0 Å². The Labute approximate surface area is 83.3 Å². The highest BCUT2D eigenvalue weighted by Crippen LogP contribution is 2.45. The summed E-state index contributed by atoms with van der Waals surface area (Å²) < 4.78 is 13.0. The lowest BCUT2D eigenvalue weighted by atomic mass is 9.63. The van der Waals surface area contributed by atoms with Gasteiger partial charge in [0, 0.05) is 6.20 Å². The highest BCUT2D eigenvalue weighted by molar-refractivity contribution is 5.25. The molecule has 76 valence electrons. The van der Waals surface area contributed by atoms with E-state index in [9.17, 15) is 4.39 Å². The van der Waals surface area contributed by atoms with Gasteiger partial charge in [0.1, 0.15) is 5.82 Å². The zero-order valence-corrected chi connectivity index (χ0v) is 8.17. The largest absolute Gasteiger partial charge is 0.330 e. The van der Waals surface area contributed by atoms with E-state index in [1.165, 1.54) is 12.6 Å². The number of nitrogens with two attached hydrogens (primary N) is 1. The van der Waals surface area contributed by atoms with Gasteiger partial charge < -0.3 is 5.73 Å². The molecule has 1 heterocycles. The molecule has 0 unspecified atom stereocenters. The van der Waals surface area contributed by atoms with Crippen LogP contribution in [0.2, 0.25) is 0 Å². The first kappa shape index (κ1) is 9.59. The zero-order valence-electron chi connectivity index (χ0n) is 8.17. The van der Waals surface area contributed by atoms with Gasteiger partial charge in [-0.3, -0.25) is 4.98 Å². The van der Waals surface area contributed by atoms with Gasteiger partial charge in [0.25, 0.3) is 0 Å². The molecule has 0 saturated heterocycles. The van der Waals surface area contributed by atoms with E-state index in [4.69, 9.17) is 5.73 Å². The summed E-state index contributed by atoms with van der Waals surface area (Å²) in [5, 5.41) is 0. The lowest BCUT2D eigenvalue weighted by Gasteiger charge is -2.42. The van der Waals surface area contributed by atoms with Crippen molar-refractivity contribution in [3.05, 3.63) is 29.8 Å². The molecule has 3 heteroatoms. The van der Waals surface area contributed by atoms with Crippen molar-refractivity contribution in [3.63, 3.8) is 0 Å². The molecule has 0 radical (unpaired) electrons. The molecule has 0 spiro atoms. The van der Waals surface area contributed by atoms with E-state index in [1.807, 2.05) is 0 Å². The average Bonchev–Trinajstić information content (AvgIpc) is 2.11. The third kappa shape index (κ3) is 1.52. The van der Waals surface area contributed by atoms with Crippen LogP contribution in [0.4, 0.5) is 4.39 Å². The predicted octanol–water partition coefficient (Wildman–Crippen LogP) is 1.99. The van der Waals surface area contributed by atoms with Crippen molar-refractivity contribution in [2.45, 2.75) is 31.1 Å². The number of hydrogen-bond acceptors (Lipinski definition) is 2. The number of nitrogens with zero attached hydrogens (tertiary/aromatic N) is 1. The molecule has 1 aliphatic rings. The van der Waals surface area contributed by atoms with Gasteiger partial charge in [0.15, 0.2) is 0 Å². The Morgan fingerprint density at radius 2 is 2.21 bits per heavy atom. The fraction of sp³-hybridized carbons (Fsp3) is 0.545. The van der Waals surface area contributed by atoms with Gasteiger partial charge in [0.05, 0.1) is 6.20 Å². The number of aromatic nitrogens is 1. The average molecular weight is 194 g/mol. The van der Waals surface area contributed by atoms with Gasteiger partial charge in [-0.1, -0.05) is 6.42 Å². The molecule has 2 N–H and O–H groups in total. The number of rotatable bonds is 3. The van der Waals surface area contributed by atoms with E-state index in [1.54, 1.807) is 12.3 Å². The maximum Gasteiger partial charge on any atom is 0.141 e. The van der Waals surface area contributed by atoms with E-state index >= 15 is 0 Å². The maximum atomic E-state index is 13.0. The summed E-state index contributed by atoms with van der Waals surface area (Å²) >= 11 is 0. The maximum absolute atomic E-state index is 13.0. The number of pyridine rings is 1. The molecule has 0 aliphatic heterocycles. The molecular weight excluding hydrogens is 179 g/mol. The first-order valence-electron chi connectivity index (χ1n) is 5.08. The first-order chi connectivity index (χ1) is 6.77. The Kier molecular flexibility index (Phi) is 2.50. The third-order valence-electron chi connectivity index (χ3n) is 3.25. The van der Waals surface area contributed by atoms with Crippen LogP contribution in [0.1, 0.15) is 31.2 Å². The van der Waals surface area contributed by atoms with Crippen LogP contribution in [0.3, 0.4) is 0 Å². The van der Waals surface area contributed by atoms with Crippen LogP contribution in [-0.2, 0) is 5.41 Å². The minimum absolute atomic E-state index is 0.129. The van der Waals surface area contributed by atoms with Crippen LogP contribution in [-0.4, -0.2) is 11.5 Å². The van der Waals surface area contributed by atoms with Crippen molar-refractivity contribution >= 4 is 0 Å². The second-order valence-electron chi connectivity index (χ2n) is 4.06. The van der Waals surface area contributed by atoms with Crippen molar-refractivity contribution in [1.82, 2.24) is 4.98 Å². The molecule has 1 fully saturated rings. The van der Waals surface area contributed by atoms with Crippen LogP contribution in [0.25, 0.3) is 0 Å². The second kappa shape index (κ2) is 3.65. The zero-order chi connectivity index (χ0) is 10.0. The summed E-state index contributed by atoms with van der Waals surface area (Å²) in [6.07, 6.45) is 7.43. The molecule has 14 heavy (non-hydrogen) atoms. The molecule has 1 saturated carbocycles. The van der Waals surface area contributed by atoms with Gasteiger partial charge in [-0.15, -0.1) is 0 Å². The quantitative estimate of drug-likeness (QED) is 0.799. The Morgan fingerprint density at radius 1 is 1.43 bits per heavy atom. The second-order valence-corrected chi connectivity index (χ2v) is 4.06. The molecule has 0 atom stereocenters. The lowest BCUT2D eigenvalue weighted by molar-refractivity contribution is 0.228. The van der Waals surface area contributed by atoms with E-state index in [0.717, 1.165) is 24.8 Å². The topological polar surface area (TPSA) is 38.9 Å². The normalized spacial score (nSPS) is 19.0. The van der Waals surface area contributed by atoms with E-state index < -0.39 is 0 Å². The molecule has 0 amide bonds. The van der Waals surface area contributed by atoms with Gasteiger partial charge in [-0.05, 0) is 42.9 Å². The fourth-order valence-electron chi connectivity index (χ4n) is 2.26. The van der Waals surface area contributed by atoms with Crippen LogP contribution < -0.4 is 5.73 Å². The molecular formula is C11H15FN2. The molecule has 1 aliphatic carbocycles. The lowest BCUT2D eigenvalue weighted by Crippen LogP contribution is -2.36. The highest BCUT2D eigenvalue weighted by Gasteiger charge is 2.38. The van der Waals surface area contributed by atoms with Crippen molar-refractivity contribution in [2.24, 2.45) is 5.73 Å². The third-order valence-corrected chi connectivity index (χ3v) is 3.25. The number of halogens is 1. The van der Waals surface area contributed by atoms with Crippen molar-refractivity contribution in [3.8, 4) is 0 Å². The summed E-state index contributed by atoms with van der Waals surface area (Å²) in [6, 6.07) is 1.60. The first-order valence-corrected chi connectivity index (χ1v) is 5.08. The molecule has 2 rings (SSSR count). The summed E-state index contributed by atoms with van der Waals surface area (Å²) in [6.45, 7) is 0.663. The Bertz CT molecular complexity index is 321. The van der Waals surface area contributed by atoms with Crippen molar-refractivity contribution in [2.75, 3.05) is 6.54 Å². The smallest absolute Gasteiger partial charge is 0.141 e. The standard InChI is InChI=1S/C11H15FN2/c12-10-6-9(7-14-8-10)11(4-5-13)2-1-3-11/h6-8H,1-5,13H2. The van der Waals surface area contributed by atoms with Crippen LogP contribution in [0.15, 0.2) is 18.5 Å². The van der Waals surface area contributed by atoms with E-state index in [-0.39, 0.29) is 11.2 Å². The van der Waals surface area contributed by atoms with Crippen LogP contribution in [0, 0.1) is 5.82 Å². The van der Waals surface area contributed by atoms with Crippen LogP contribution >= 0.6 is 0 Å². The molecule has 1 aromatic rings. The molecule has 2 nitrogen and oxygen atoms in total. The van der Waals surface area contributed by atoms with E-state index in [0.29, 0.717) is 6.54 Å². The summed E-state index contributed by atoms with van der Waals surface area (Å²) in [5.41, 5.74) is 6.74. The molecule has 0 bridgehead atoms. The number of hydrogen-bond donors (Lipinski definition) is 1. The summed E-state index contributed by atoms with van der Waals surface area (Å²) in [7, 11) is 0. The molecule has 1 aromatic heterocycles. The van der Waals surface area contributed by atoms with Gasteiger partial charge in [-0.25, -0.2) is 4.39 Å². The highest BCUT2D eigenvalue weighted by atomic mass is 19.1. The van der Waals surface area contributed by atoms with Crippen molar-refractivity contribution in [1.29, 1.82) is 0 Å². The Balaban J connectivity index is 2.27. The monoisotopic (exact) mass is 194 g/mol.